The smallest absolute Gasteiger partial charge is 0.161 e. The zero-order valence-corrected chi connectivity index (χ0v) is 12.2. The summed E-state index contributed by atoms with van der Waals surface area (Å²) in [5.41, 5.74) is 2.37. The van der Waals surface area contributed by atoms with Crippen molar-refractivity contribution < 1.29 is 9.47 Å². The van der Waals surface area contributed by atoms with Crippen molar-refractivity contribution >= 4 is 12.4 Å². The Bertz CT molecular complexity index is 571. The van der Waals surface area contributed by atoms with Gasteiger partial charge in [-0.15, -0.1) is 12.4 Å². The number of rotatable bonds is 4. The molecule has 0 radical (unpaired) electrons. The van der Waals surface area contributed by atoms with Crippen LogP contribution < -0.4 is 14.8 Å². The van der Waals surface area contributed by atoms with Crippen LogP contribution in [0.1, 0.15) is 11.1 Å². The average Bonchev–Trinajstić information content (AvgIpc) is 2.84. The van der Waals surface area contributed by atoms with Gasteiger partial charge < -0.3 is 14.8 Å². The van der Waals surface area contributed by atoms with Gasteiger partial charge in [0.2, 0.25) is 0 Å². The Morgan fingerprint density at radius 3 is 2.65 bits per heavy atom. The first kappa shape index (κ1) is 14.7. The Hall–Kier alpha value is -1.72. The van der Waals surface area contributed by atoms with Gasteiger partial charge in [0, 0.05) is 31.9 Å². The van der Waals surface area contributed by atoms with Crippen LogP contribution in [0.15, 0.2) is 30.6 Å². The number of hydrogen-bond donors (Lipinski definition) is 1. The number of aromatic nitrogens is 2. The average molecular weight is 296 g/mol. The number of fused-ring (bicyclic) bond motifs is 1. The minimum absolute atomic E-state index is 0. The number of ether oxygens (including phenoxy) is 2. The maximum atomic E-state index is 5.57. The molecular formula is C14H18ClN3O2. The highest BCUT2D eigenvalue weighted by molar-refractivity contribution is 5.85. The Morgan fingerprint density at radius 2 is 1.90 bits per heavy atom. The Kier molecular flexibility index (Phi) is 4.87. The second-order valence-electron chi connectivity index (χ2n) is 4.60. The number of nitrogens with zero attached hydrogens (tertiary/aromatic N) is 2. The summed E-state index contributed by atoms with van der Waals surface area (Å²) in [7, 11) is 1.92. The van der Waals surface area contributed by atoms with E-state index in [1.54, 1.807) is 4.68 Å². The Balaban J connectivity index is 0.00000147. The van der Waals surface area contributed by atoms with Crippen molar-refractivity contribution in [2.45, 2.75) is 13.1 Å². The standard InChI is InChI=1S/C14H17N3O2.ClH/c1-17-10-12(9-16-17)8-15-7-11-2-3-13-14(6-11)19-5-4-18-13;/h2-3,6,9-10,15H,4-5,7-8H2,1H3;1H. The molecule has 20 heavy (non-hydrogen) atoms. The lowest BCUT2D eigenvalue weighted by Gasteiger charge is -2.18. The first-order valence-electron chi connectivity index (χ1n) is 6.38. The molecule has 1 N–H and O–H groups in total. The quantitative estimate of drug-likeness (QED) is 0.936. The second-order valence-corrected chi connectivity index (χ2v) is 4.60. The molecule has 2 aromatic rings. The van der Waals surface area contributed by atoms with Crippen LogP contribution in [-0.2, 0) is 20.1 Å². The largest absolute Gasteiger partial charge is 0.486 e. The van der Waals surface area contributed by atoms with Gasteiger partial charge in [0.1, 0.15) is 13.2 Å². The summed E-state index contributed by atoms with van der Waals surface area (Å²) in [5.74, 6) is 1.68. The van der Waals surface area contributed by atoms with Crippen molar-refractivity contribution in [2.24, 2.45) is 7.05 Å². The van der Waals surface area contributed by atoms with Crippen LogP contribution in [0.3, 0.4) is 0 Å². The van der Waals surface area contributed by atoms with Gasteiger partial charge >= 0.3 is 0 Å². The summed E-state index contributed by atoms with van der Waals surface area (Å²) in [6.45, 7) is 2.86. The fourth-order valence-corrected chi connectivity index (χ4v) is 2.11. The van der Waals surface area contributed by atoms with Crippen molar-refractivity contribution in [1.29, 1.82) is 0 Å². The third-order valence-corrected chi connectivity index (χ3v) is 3.02. The summed E-state index contributed by atoms with van der Waals surface area (Å²) in [6.07, 6.45) is 3.88. The number of halogens is 1. The van der Waals surface area contributed by atoms with Crippen LogP contribution in [-0.4, -0.2) is 23.0 Å². The zero-order chi connectivity index (χ0) is 13.1. The van der Waals surface area contributed by atoms with Crippen LogP contribution in [0.25, 0.3) is 0 Å². The van der Waals surface area contributed by atoms with Crippen LogP contribution in [0.2, 0.25) is 0 Å². The van der Waals surface area contributed by atoms with E-state index in [-0.39, 0.29) is 12.4 Å². The summed E-state index contributed by atoms with van der Waals surface area (Å²) >= 11 is 0. The van der Waals surface area contributed by atoms with Crippen molar-refractivity contribution in [3.8, 4) is 11.5 Å². The molecule has 0 bridgehead atoms. The van der Waals surface area contributed by atoms with E-state index in [4.69, 9.17) is 9.47 Å². The predicted octanol–water partition coefficient (Wildman–Crippen LogP) is 1.90. The summed E-state index contributed by atoms with van der Waals surface area (Å²) in [5, 5.41) is 7.53. The summed E-state index contributed by atoms with van der Waals surface area (Å²) < 4.78 is 12.9. The lowest BCUT2D eigenvalue weighted by atomic mass is 10.2. The normalized spacial score (nSPS) is 12.8. The highest BCUT2D eigenvalue weighted by atomic mass is 35.5. The zero-order valence-electron chi connectivity index (χ0n) is 11.3. The van der Waals surface area contributed by atoms with E-state index in [9.17, 15) is 0 Å². The highest BCUT2D eigenvalue weighted by Crippen LogP contribution is 2.30. The molecule has 108 valence electrons. The molecule has 1 aromatic carbocycles. The third-order valence-electron chi connectivity index (χ3n) is 3.02. The van der Waals surface area contributed by atoms with E-state index >= 15 is 0 Å². The van der Waals surface area contributed by atoms with E-state index in [0.717, 1.165) is 24.6 Å². The first-order valence-corrected chi connectivity index (χ1v) is 6.38. The summed E-state index contributed by atoms with van der Waals surface area (Å²) in [6, 6.07) is 6.06. The fraction of sp³-hybridized carbons (Fsp3) is 0.357. The molecule has 0 fully saturated rings. The van der Waals surface area contributed by atoms with Gasteiger partial charge in [0.05, 0.1) is 6.20 Å². The van der Waals surface area contributed by atoms with E-state index in [0.29, 0.717) is 13.2 Å². The molecule has 3 rings (SSSR count). The maximum absolute atomic E-state index is 5.57. The molecule has 0 spiro atoms. The van der Waals surface area contributed by atoms with E-state index in [1.165, 1.54) is 11.1 Å². The Morgan fingerprint density at radius 1 is 1.15 bits per heavy atom. The lowest BCUT2D eigenvalue weighted by molar-refractivity contribution is 0.171. The molecule has 6 heteroatoms. The van der Waals surface area contributed by atoms with Crippen LogP contribution in [0.4, 0.5) is 0 Å². The van der Waals surface area contributed by atoms with Gasteiger partial charge in [0.25, 0.3) is 0 Å². The predicted molar refractivity (Wildman–Crippen MR) is 78.4 cm³/mol. The topological polar surface area (TPSA) is 48.3 Å². The molecule has 0 saturated carbocycles. The van der Waals surface area contributed by atoms with Crippen molar-refractivity contribution in [3.05, 3.63) is 41.7 Å². The van der Waals surface area contributed by atoms with Gasteiger partial charge in [0.15, 0.2) is 11.5 Å². The fourth-order valence-electron chi connectivity index (χ4n) is 2.11. The molecule has 1 aliphatic heterocycles. The molecule has 0 unspecified atom stereocenters. The first-order chi connectivity index (χ1) is 9.31. The van der Waals surface area contributed by atoms with Gasteiger partial charge in [-0.05, 0) is 17.7 Å². The van der Waals surface area contributed by atoms with Crippen molar-refractivity contribution in [1.82, 2.24) is 15.1 Å². The molecule has 1 aliphatic rings. The number of aryl methyl sites for hydroxylation is 1. The van der Waals surface area contributed by atoms with Gasteiger partial charge in [-0.25, -0.2) is 0 Å². The van der Waals surface area contributed by atoms with Gasteiger partial charge in [-0.1, -0.05) is 6.07 Å². The number of nitrogens with one attached hydrogen (secondary N) is 1. The molecule has 1 aromatic heterocycles. The molecule has 5 nitrogen and oxygen atoms in total. The van der Waals surface area contributed by atoms with Crippen LogP contribution >= 0.6 is 12.4 Å². The van der Waals surface area contributed by atoms with Crippen molar-refractivity contribution in [3.63, 3.8) is 0 Å². The van der Waals surface area contributed by atoms with Gasteiger partial charge in [-0.3, -0.25) is 4.68 Å². The molecule has 0 aliphatic carbocycles. The minimum Gasteiger partial charge on any atom is -0.486 e. The van der Waals surface area contributed by atoms with E-state index in [1.807, 2.05) is 31.6 Å². The number of benzene rings is 1. The molecule has 0 saturated heterocycles. The van der Waals surface area contributed by atoms with Crippen molar-refractivity contribution in [2.75, 3.05) is 13.2 Å². The van der Waals surface area contributed by atoms with Crippen LogP contribution in [0.5, 0.6) is 11.5 Å². The maximum Gasteiger partial charge on any atom is 0.161 e. The SMILES string of the molecule is Cl.Cn1cc(CNCc2ccc3c(c2)OCCO3)cn1. The lowest BCUT2D eigenvalue weighted by Crippen LogP contribution is -2.16. The minimum atomic E-state index is 0. The summed E-state index contributed by atoms with van der Waals surface area (Å²) in [4.78, 5) is 0. The second kappa shape index (κ2) is 6.63. The molecule has 0 amide bonds. The number of hydrogen-bond acceptors (Lipinski definition) is 4. The molecule has 0 atom stereocenters. The molecular weight excluding hydrogens is 278 g/mol. The van der Waals surface area contributed by atoms with Gasteiger partial charge in [-0.2, -0.15) is 5.10 Å². The van der Waals surface area contributed by atoms with Crippen LogP contribution in [0, 0.1) is 0 Å². The monoisotopic (exact) mass is 295 g/mol. The third kappa shape index (κ3) is 3.43. The highest BCUT2D eigenvalue weighted by Gasteiger charge is 2.11. The molecule has 2 heterocycles. The Labute approximate surface area is 124 Å². The van der Waals surface area contributed by atoms with E-state index in [2.05, 4.69) is 16.5 Å². The van der Waals surface area contributed by atoms with E-state index < -0.39 is 0 Å².